The predicted molar refractivity (Wildman–Crippen MR) is 168 cm³/mol. The van der Waals surface area contributed by atoms with Gasteiger partial charge in [0.15, 0.2) is 0 Å². The molecule has 0 aromatic heterocycles. The Labute approximate surface area is 257 Å². The topological polar surface area (TPSA) is 74.6 Å². The number of hydrogen-bond acceptors (Lipinski definition) is 2. The van der Waals surface area contributed by atoms with E-state index in [-0.39, 0.29) is 33.1 Å². The molecule has 0 saturated heterocycles. The summed E-state index contributed by atoms with van der Waals surface area (Å²) in [6.07, 6.45) is 12.4. The highest BCUT2D eigenvalue weighted by atomic mass is 19.1. The minimum absolute atomic E-state index is 0.0780. The quantitative estimate of drug-likeness (QED) is 0.335. The van der Waals surface area contributed by atoms with Crippen molar-refractivity contribution in [1.82, 2.24) is 0 Å². The maximum atomic E-state index is 14.9. The van der Waals surface area contributed by atoms with Crippen LogP contribution in [0.5, 0.6) is 0 Å². The first-order chi connectivity index (χ1) is 20.1. The van der Waals surface area contributed by atoms with Crippen molar-refractivity contribution in [2.24, 2.45) is 56.7 Å². The molecular weight excluding hydrogens is 539 g/mol. The predicted octanol–water partition coefficient (Wildman–Crippen LogP) is 9.65. The Morgan fingerprint density at radius 3 is 2.28 bits per heavy atom. The van der Waals surface area contributed by atoms with Crippen LogP contribution in [0, 0.1) is 62.5 Å². The second-order valence-corrected chi connectivity index (χ2v) is 16.3. The summed E-state index contributed by atoms with van der Waals surface area (Å²) in [5, 5.41) is 20.0. The molecule has 2 N–H and O–H groups in total. The average Bonchev–Trinajstić information content (AvgIpc) is 3.34. The van der Waals surface area contributed by atoms with Gasteiger partial charge in [-0.3, -0.25) is 4.79 Å². The van der Waals surface area contributed by atoms with Gasteiger partial charge in [0.05, 0.1) is 11.0 Å². The lowest BCUT2D eigenvalue weighted by molar-refractivity contribution is -0.232. The van der Waals surface area contributed by atoms with Crippen molar-refractivity contribution < 1.29 is 24.2 Å². The molecule has 0 heterocycles. The number of aromatic carboxylic acids is 1. The zero-order valence-corrected chi connectivity index (χ0v) is 27.1. The number of rotatable bonds is 5. The van der Waals surface area contributed by atoms with Gasteiger partial charge in [0.25, 0.3) is 0 Å². The summed E-state index contributed by atoms with van der Waals surface area (Å²) in [6.45, 7) is 18.6. The van der Waals surface area contributed by atoms with Crippen LogP contribution in [-0.4, -0.2) is 22.2 Å². The highest BCUT2D eigenvalue weighted by molar-refractivity contribution is 5.88. The minimum Gasteiger partial charge on any atom is -0.481 e. The molecule has 5 aliphatic carbocycles. The van der Waals surface area contributed by atoms with Gasteiger partial charge in [-0.1, -0.05) is 58.9 Å². The first-order valence-corrected chi connectivity index (χ1v) is 16.7. The van der Waals surface area contributed by atoms with E-state index in [9.17, 15) is 24.2 Å². The fraction of sp³-hybridized carbons (Fsp3) is 0.684. The molecule has 0 aliphatic heterocycles. The summed E-state index contributed by atoms with van der Waals surface area (Å²) in [6, 6.07) is 4.62. The number of benzene rings is 1. The van der Waals surface area contributed by atoms with Gasteiger partial charge >= 0.3 is 11.9 Å². The first-order valence-electron chi connectivity index (χ1n) is 16.7. The Kier molecular flexibility index (Phi) is 6.96. The number of allylic oxidation sites excluding steroid dienone is 3. The molecule has 1 aromatic rings. The Balaban J connectivity index is 1.40. The summed E-state index contributed by atoms with van der Waals surface area (Å²) in [7, 11) is 0. The van der Waals surface area contributed by atoms with Gasteiger partial charge in [-0.15, -0.1) is 0 Å². The van der Waals surface area contributed by atoms with Gasteiger partial charge in [0.2, 0.25) is 0 Å². The Morgan fingerprint density at radius 2 is 1.67 bits per heavy atom. The molecular formula is C38H51FO4. The molecule has 234 valence electrons. The van der Waals surface area contributed by atoms with Crippen LogP contribution in [0.3, 0.4) is 0 Å². The highest BCUT2D eigenvalue weighted by Crippen LogP contribution is 2.78. The molecule has 4 fully saturated rings. The van der Waals surface area contributed by atoms with Gasteiger partial charge in [-0.2, -0.15) is 0 Å². The second kappa shape index (κ2) is 9.78. The van der Waals surface area contributed by atoms with Gasteiger partial charge in [0.1, 0.15) is 5.82 Å². The third-order valence-corrected chi connectivity index (χ3v) is 15.0. The number of fused-ring (bicyclic) bond motifs is 7. The van der Waals surface area contributed by atoms with E-state index in [1.165, 1.54) is 12.1 Å². The summed E-state index contributed by atoms with van der Waals surface area (Å²) in [5.41, 5.74) is 2.34. The smallest absolute Gasteiger partial charge is 0.338 e. The van der Waals surface area contributed by atoms with Crippen LogP contribution in [-0.2, 0) is 4.79 Å². The van der Waals surface area contributed by atoms with Crippen LogP contribution in [0.15, 0.2) is 36.4 Å². The minimum atomic E-state index is -1.24. The van der Waals surface area contributed by atoms with Crippen LogP contribution in [0.1, 0.15) is 122 Å². The van der Waals surface area contributed by atoms with Crippen molar-refractivity contribution >= 4 is 17.5 Å². The standard InChI is InChI=1S/C38H51FO4/c1-8-37-18-14-26(23-9-10-25(32(40)41)28(39)21-23)34(4,5)29(37)15-16-36(7)30(37)12-11-27-31-24(22(2)3)13-17-38(31,33(42)43)20-19-35(27,36)6/h9-10,14,21,24,27,29-31H,2,8,11-13,15-20H2,1,3-7H3,(H,40,41)(H,42,43). The molecule has 6 rings (SSSR count). The maximum absolute atomic E-state index is 14.9. The number of carboxylic acids is 2. The molecule has 1 aromatic carbocycles. The average molecular weight is 591 g/mol. The van der Waals surface area contributed by atoms with Crippen molar-refractivity contribution in [2.45, 2.75) is 106 Å². The molecule has 0 amide bonds. The molecule has 0 bridgehead atoms. The second-order valence-electron chi connectivity index (χ2n) is 16.3. The number of hydrogen-bond donors (Lipinski definition) is 2. The van der Waals surface area contributed by atoms with Crippen LogP contribution in [0.25, 0.3) is 5.57 Å². The van der Waals surface area contributed by atoms with Crippen molar-refractivity contribution in [2.75, 3.05) is 0 Å². The number of aliphatic carboxylic acids is 1. The lowest BCUT2D eigenvalue weighted by Gasteiger charge is -2.72. The van der Waals surface area contributed by atoms with E-state index >= 15 is 0 Å². The van der Waals surface area contributed by atoms with Crippen LogP contribution >= 0.6 is 0 Å². The molecule has 0 spiro atoms. The van der Waals surface area contributed by atoms with Crippen molar-refractivity contribution in [3.8, 4) is 0 Å². The Hall–Kier alpha value is -2.43. The number of carboxylic acid groups (broad SMARTS) is 2. The summed E-state index contributed by atoms with van der Waals surface area (Å²) in [5.74, 6) is -0.660. The maximum Gasteiger partial charge on any atom is 0.338 e. The Bertz CT molecular complexity index is 1410. The molecule has 9 unspecified atom stereocenters. The summed E-state index contributed by atoms with van der Waals surface area (Å²) < 4.78 is 14.9. The molecule has 9 atom stereocenters. The van der Waals surface area contributed by atoms with E-state index in [2.05, 4.69) is 54.2 Å². The van der Waals surface area contributed by atoms with Gasteiger partial charge in [-0.25, -0.2) is 9.18 Å². The summed E-state index contributed by atoms with van der Waals surface area (Å²) >= 11 is 0. The third-order valence-electron chi connectivity index (χ3n) is 15.0. The normalized spacial score (nSPS) is 43.0. The molecule has 4 nitrogen and oxygen atoms in total. The largest absolute Gasteiger partial charge is 0.481 e. The van der Waals surface area contributed by atoms with Crippen LogP contribution in [0.2, 0.25) is 0 Å². The van der Waals surface area contributed by atoms with E-state index in [1.54, 1.807) is 6.07 Å². The SMILES string of the molecule is C=C(C)C1CCC2(C(=O)O)CCC3(C)C(CCC4C5(CC)CC=C(c6ccc(C(=O)O)c(F)c6)C(C)(C)C5CCC43C)C12. The lowest BCUT2D eigenvalue weighted by atomic mass is 9.32. The molecule has 5 heteroatoms. The number of halogens is 1. The molecule has 5 aliphatic rings. The first kappa shape index (κ1) is 30.6. The number of carbonyl (C=O) groups is 2. The summed E-state index contributed by atoms with van der Waals surface area (Å²) in [4.78, 5) is 24.4. The van der Waals surface area contributed by atoms with E-state index in [0.717, 1.165) is 80.9 Å². The van der Waals surface area contributed by atoms with E-state index < -0.39 is 23.2 Å². The lowest BCUT2D eigenvalue weighted by Crippen LogP contribution is -2.66. The zero-order valence-electron chi connectivity index (χ0n) is 27.1. The third kappa shape index (κ3) is 3.84. The van der Waals surface area contributed by atoms with E-state index in [1.807, 2.05) is 0 Å². The molecule has 4 saturated carbocycles. The van der Waals surface area contributed by atoms with Crippen molar-refractivity contribution in [3.05, 3.63) is 53.4 Å². The fourth-order valence-corrected chi connectivity index (χ4v) is 12.8. The van der Waals surface area contributed by atoms with Crippen LogP contribution < -0.4 is 0 Å². The van der Waals surface area contributed by atoms with Crippen molar-refractivity contribution in [1.29, 1.82) is 0 Å². The fourth-order valence-electron chi connectivity index (χ4n) is 12.8. The van der Waals surface area contributed by atoms with Crippen molar-refractivity contribution in [3.63, 3.8) is 0 Å². The Morgan fingerprint density at radius 1 is 0.953 bits per heavy atom. The highest BCUT2D eigenvalue weighted by Gasteiger charge is 2.72. The molecule has 43 heavy (non-hydrogen) atoms. The van der Waals surface area contributed by atoms with E-state index in [0.29, 0.717) is 23.7 Å². The van der Waals surface area contributed by atoms with Crippen LogP contribution in [0.4, 0.5) is 4.39 Å². The van der Waals surface area contributed by atoms with Gasteiger partial charge in [0, 0.05) is 0 Å². The van der Waals surface area contributed by atoms with Gasteiger partial charge < -0.3 is 10.2 Å². The monoisotopic (exact) mass is 590 g/mol. The van der Waals surface area contributed by atoms with E-state index in [4.69, 9.17) is 0 Å². The zero-order chi connectivity index (χ0) is 31.3. The van der Waals surface area contributed by atoms with Gasteiger partial charge in [-0.05, 0) is 146 Å². The molecule has 0 radical (unpaired) electrons.